The van der Waals surface area contributed by atoms with E-state index in [-0.39, 0.29) is 6.04 Å². The van der Waals surface area contributed by atoms with Gasteiger partial charge in [0.25, 0.3) is 0 Å². The van der Waals surface area contributed by atoms with E-state index in [4.69, 9.17) is 21.1 Å². The van der Waals surface area contributed by atoms with Gasteiger partial charge in [-0.05, 0) is 55.3 Å². The Hall–Kier alpha value is -2.24. The van der Waals surface area contributed by atoms with Crippen LogP contribution in [0.1, 0.15) is 36.4 Å². The quantitative estimate of drug-likeness (QED) is 0.794. The second-order valence-electron chi connectivity index (χ2n) is 6.65. The molecule has 0 aliphatic carbocycles. The predicted octanol–water partition coefficient (Wildman–Crippen LogP) is 4.39. The number of piperidine rings is 1. The molecule has 27 heavy (non-hydrogen) atoms. The topological polar surface area (TPSA) is 59.0 Å². The summed E-state index contributed by atoms with van der Waals surface area (Å²) >= 11 is 6.28. The molecule has 1 saturated heterocycles. The van der Waals surface area contributed by atoms with Gasteiger partial charge in [0, 0.05) is 10.6 Å². The van der Waals surface area contributed by atoms with Gasteiger partial charge in [0.1, 0.15) is 17.5 Å². The van der Waals surface area contributed by atoms with Crippen LogP contribution in [0, 0.1) is 0 Å². The van der Waals surface area contributed by atoms with Crippen molar-refractivity contribution in [3.05, 3.63) is 58.6 Å². The average Bonchev–Trinajstić information content (AvgIpc) is 2.69. The first-order valence-corrected chi connectivity index (χ1v) is 9.39. The standard InChI is InChI=1S/C21H24ClNO4/c1-26-16-9-6-14(7-10-16)20(17-13-15(22)8-11-19(17)27-2)23-12-4-3-5-18(23)21(24)25/h6-11,13,18,20H,3-5,12H2,1-2H3,(H,24,25). The Morgan fingerprint density at radius 3 is 2.52 bits per heavy atom. The molecule has 0 spiro atoms. The molecule has 1 N–H and O–H groups in total. The first kappa shape index (κ1) is 19.5. The molecule has 0 bridgehead atoms. The number of likely N-dealkylation sites (tertiary alicyclic amines) is 1. The molecule has 3 rings (SSSR count). The molecule has 2 aromatic carbocycles. The lowest BCUT2D eigenvalue weighted by atomic mass is 9.91. The molecule has 0 radical (unpaired) electrons. The van der Waals surface area contributed by atoms with Crippen LogP contribution < -0.4 is 9.47 Å². The van der Waals surface area contributed by atoms with E-state index in [0.717, 1.165) is 29.7 Å². The Balaban J connectivity index is 2.13. The largest absolute Gasteiger partial charge is 0.497 e. The van der Waals surface area contributed by atoms with Gasteiger partial charge >= 0.3 is 5.97 Å². The van der Waals surface area contributed by atoms with Gasteiger partial charge in [-0.3, -0.25) is 9.69 Å². The zero-order valence-electron chi connectivity index (χ0n) is 15.5. The van der Waals surface area contributed by atoms with Crippen molar-refractivity contribution in [3.63, 3.8) is 0 Å². The molecular weight excluding hydrogens is 366 g/mol. The summed E-state index contributed by atoms with van der Waals surface area (Å²) in [4.78, 5) is 14.0. The van der Waals surface area contributed by atoms with Crippen molar-refractivity contribution < 1.29 is 19.4 Å². The highest BCUT2D eigenvalue weighted by molar-refractivity contribution is 6.30. The van der Waals surface area contributed by atoms with Gasteiger partial charge in [-0.2, -0.15) is 0 Å². The van der Waals surface area contributed by atoms with Crippen molar-refractivity contribution in [2.75, 3.05) is 20.8 Å². The lowest BCUT2D eigenvalue weighted by Gasteiger charge is -2.40. The third kappa shape index (κ3) is 4.20. The molecule has 2 atom stereocenters. The molecular formula is C21H24ClNO4. The number of rotatable bonds is 6. The van der Waals surface area contributed by atoms with Gasteiger partial charge in [-0.1, -0.05) is 30.2 Å². The van der Waals surface area contributed by atoms with Crippen molar-refractivity contribution in [1.82, 2.24) is 4.90 Å². The molecule has 1 aliphatic rings. The fraction of sp³-hybridized carbons (Fsp3) is 0.381. The third-order valence-corrected chi connectivity index (χ3v) is 5.31. The summed E-state index contributed by atoms with van der Waals surface area (Å²) in [5.74, 6) is 0.646. The summed E-state index contributed by atoms with van der Waals surface area (Å²) in [6, 6.07) is 12.4. The number of hydrogen-bond acceptors (Lipinski definition) is 4. The van der Waals surface area contributed by atoms with E-state index in [9.17, 15) is 9.90 Å². The number of aliphatic carboxylic acids is 1. The first-order valence-electron chi connectivity index (χ1n) is 9.01. The highest BCUT2D eigenvalue weighted by Gasteiger charge is 2.36. The van der Waals surface area contributed by atoms with E-state index in [1.165, 1.54) is 0 Å². The summed E-state index contributed by atoms with van der Waals surface area (Å²) < 4.78 is 10.8. The molecule has 0 saturated carbocycles. The van der Waals surface area contributed by atoms with Crippen molar-refractivity contribution >= 4 is 17.6 Å². The maximum Gasteiger partial charge on any atom is 0.320 e. The number of hydrogen-bond donors (Lipinski definition) is 1. The second-order valence-corrected chi connectivity index (χ2v) is 7.09. The van der Waals surface area contributed by atoms with Crippen LogP contribution in [-0.2, 0) is 4.79 Å². The smallest absolute Gasteiger partial charge is 0.320 e. The Bertz CT molecular complexity index is 793. The molecule has 6 heteroatoms. The number of ether oxygens (including phenoxy) is 2. The number of methoxy groups -OCH3 is 2. The van der Waals surface area contributed by atoms with Crippen molar-refractivity contribution in [2.45, 2.75) is 31.3 Å². The maximum atomic E-state index is 11.9. The summed E-state index contributed by atoms with van der Waals surface area (Å²) in [5.41, 5.74) is 1.84. The minimum Gasteiger partial charge on any atom is -0.497 e. The van der Waals surface area contributed by atoms with E-state index in [1.54, 1.807) is 20.3 Å². The normalized spacial score (nSPS) is 18.7. The Kier molecular flexibility index (Phi) is 6.24. The Labute approximate surface area is 164 Å². The van der Waals surface area contributed by atoms with E-state index in [2.05, 4.69) is 0 Å². The van der Waals surface area contributed by atoms with Crippen LogP contribution in [-0.4, -0.2) is 42.8 Å². The molecule has 1 heterocycles. The molecule has 2 unspecified atom stereocenters. The van der Waals surface area contributed by atoms with Crippen LogP contribution in [0.3, 0.4) is 0 Å². The number of carboxylic acid groups (broad SMARTS) is 1. The van der Waals surface area contributed by atoms with E-state index < -0.39 is 12.0 Å². The molecule has 144 valence electrons. The lowest BCUT2D eigenvalue weighted by molar-refractivity contribution is -0.145. The zero-order chi connectivity index (χ0) is 19.4. The van der Waals surface area contributed by atoms with E-state index >= 15 is 0 Å². The van der Waals surface area contributed by atoms with Gasteiger partial charge in [0.2, 0.25) is 0 Å². The fourth-order valence-corrected chi connectivity index (χ4v) is 3.96. The SMILES string of the molecule is COc1ccc(C(c2cc(Cl)ccc2OC)N2CCCCC2C(=O)O)cc1. The van der Waals surface area contributed by atoms with Crippen LogP contribution in [0.15, 0.2) is 42.5 Å². The zero-order valence-corrected chi connectivity index (χ0v) is 16.3. The van der Waals surface area contributed by atoms with Crippen LogP contribution in [0.2, 0.25) is 5.02 Å². The van der Waals surface area contributed by atoms with Gasteiger partial charge < -0.3 is 14.6 Å². The number of benzene rings is 2. The van der Waals surface area contributed by atoms with Crippen LogP contribution in [0.4, 0.5) is 0 Å². The van der Waals surface area contributed by atoms with Crippen molar-refractivity contribution in [2.24, 2.45) is 0 Å². The van der Waals surface area contributed by atoms with Crippen LogP contribution in [0.25, 0.3) is 0 Å². The minimum atomic E-state index is -0.797. The molecule has 1 fully saturated rings. The second kappa shape index (κ2) is 8.63. The molecule has 5 nitrogen and oxygen atoms in total. The highest BCUT2D eigenvalue weighted by Crippen LogP contribution is 2.40. The Morgan fingerprint density at radius 1 is 1.15 bits per heavy atom. The number of carboxylic acids is 1. The minimum absolute atomic E-state index is 0.272. The van der Waals surface area contributed by atoms with Gasteiger partial charge in [-0.15, -0.1) is 0 Å². The lowest BCUT2D eigenvalue weighted by Crippen LogP contribution is -2.46. The summed E-state index contributed by atoms with van der Waals surface area (Å²) in [6.45, 7) is 0.698. The highest BCUT2D eigenvalue weighted by atomic mass is 35.5. The number of nitrogens with zero attached hydrogens (tertiary/aromatic N) is 1. The third-order valence-electron chi connectivity index (χ3n) is 5.08. The summed E-state index contributed by atoms with van der Waals surface area (Å²) in [5, 5.41) is 10.4. The van der Waals surface area contributed by atoms with E-state index in [0.29, 0.717) is 23.7 Å². The predicted molar refractivity (Wildman–Crippen MR) is 105 cm³/mol. The summed E-state index contributed by atoms with van der Waals surface area (Å²) in [7, 11) is 3.24. The Morgan fingerprint density at radius 2 is 1.89 bits per heavy atom. The molecule has 1 aliphatic heterocycles. The number of carbonyl (C=O) groups is 1. The van der Waals surface area contributed by atoms with Gasteiger partial charge in [-0.25, -0.2) is 0 Å². The van der Waals surface area contributed by atoms with Gasteiger partial charge in [0.05, 0.1) is 20.3 Å². The average molecular weight is 390 g/mol. The maximum absolute atomic E-state index is 11.9. The van der Waals surface area contributed by atoms with Crippen LogP contribution in [0.5, 0.6) is 11.5 Å². The molecule has 0 aromatic heterocycles. The van der Waals surface area contributed by atoms with E-state index in [1.807, 2.05) is 41.3 Å². The fourth-order valence-electron chi connectivity index (χ4n) is 3.78. The molecule has 2 aromatic rings. The van der Waals surface area contributed by atoms with Crippen molar-refractivity contribution in [3.8, 4) is 11.5 Å². The molecule has 0 amide bonds. The summed E-state index contributed by atoms with van der Waals surface area (Å²) in [6.07, 6.45) is 2.50. The van der Waals surface area contributed by atoms with Gasteiger partial charge in [0.15, 0.2) is 0 Å². The van der Waals surface area contributed by atoms with Crippen molar-refractivity contribution in [1.29, 1.82) is 0 Å². The number of halogens is 1. The first-order chi connectivity index (χ1) is 13.0. The monoisotopic (exact) mass is 389 g/mol. The van der Waals surface area contributed by atoms with Crippen LogP contribution >= 0.6 is 11.6 Å².